The van der Waals surface area contributed by atoms with Crippen molar-refractivity contribution in [1.29, 1.82) is 0 Å². The Morgan fingerprint density at radius 2 is 2.33 bits per heavy atom. The Balaban J connectivity index is 1.72. The number of nitrogens with zero attached hydrogens (tertiary/aromatic N) is 3. The molecule has 2 aromatic heterocycles. The van der Waals surface area contributed by atoms with Crippen molar-refractivity contribution in [3.8, 4) is 0 Å². The van der Waals surface area contributed by atoms with E-state index in [1.54, 1.807) is 6.20 Å². The van der Waals surface area contributed by atoms with Crippen LogP contribution >= 0.6 is 11.3 Å². The molecule has 1 unspecified atom stereocenters. The normalized spacial score (nSPS) is 15.0. The van der Waals surface area contributed by atoms with Gasteiger partial charge in [-0.05, 0) is 24.3 Å². The Morgan fingerprint density at radius 1 is 1.54 bits per heavy atom. The average molecular weight is 347 g/mol. The highest BCUT2D eigenvalue weighted by Gasteiger charge is 2.34. The molecule has 0 aliphatic heterocycles. The summed E-state index contributed by atoms with van der Waals surface area (Å²) in [4.78, 5) is 31.2. The van der Waals surface area contributed by atoms with Crippen LogP contribution in [0.1, 0.15) is 36.0 Å². The zero-order chi connectivity index (χ0) is 17.1. The van der Waals surface area contributed by atoms with Crippen molar-refractivity contribution in [2.24, 2.45) is 12.8 Å². The van der Waals surface area contributed by atoms with Crippen LogP contribution in [0.3, 0.4) is 0 Å². The topological polar surface area (TPSA) is 93.2 Å². The third-order valence-corrected chi connectivity index (χ3v) is 5.11. The van der Waals surface area contributed by atoms with E-state index in [4.69, 9.17) is 5.73 Å². The summed E-state index contributed by atoms with van der Waals surface area (Å²) < 4.78 is 1.92. The van der Waals surface area contributed by atoms with Gasteiger partial charge in [-0.25, -0.2) is 9.78 Å². The van der Waals surface area contributed by atoms with Gasteiger partial charge in [0.2, 0.25) is 5.91 Å². The van der Waals surface area contributed by atoms with Crippen LogP contribution in [-0.2, 0) is 18.4 Å². The van der Waals surface area contributed by atoms with Crippen molar-refractivity contribution in [3.63, 3.8) is 0 Å². The Hall–Kier alpha value is -2.35. The first-order chi connectivity index (χ1) is 11.5. The standard InChI is InChI=1S/C16H21N5O2S/c1-20-7-6-18-14(20)10-21(11-4-5-11)15(22)9-12(19-16(17)23)13-3-2-8-24-13/h2-3,6-8,11-12H,4-5,9-10H2,1H3,(H3,17,19,23). The molecule has 3 amide bonds. The molecule has 128 valence electrons. The zero-order valence-corrected chi connectivity index (χ0v) is 14.3. The number of carbonyl (C=O) groups excluding carboxylic acids is 2. The van der Waals surface area contributed by atoms with E-state index in [0.29, 0.717) is 6.54 Å². The molecule has 7 nitrogen and oxygen atoms in total. The third-order valence-electron chi connectivity index (χ3n) is 4.12. The number of primary amides is 1. The molecule has 0 aromatic carbocycles. The molecule has 2 aromatic rings. The van der Waals surface area contributed by atoms with Crippen molar-refractivity contribution >= 4 is 23.3 Å². The van der Waals surface area contributed by atoms with E-state index in [2.05, 4.69) is 10.3 Å². The molecule has 1 aliphatic rings. The summed E-state index contributed by atoms with van der Waals surface area (Å²) in [5.74, 6) is 0.860. The maximum Gasteiger partial charge on any atom is 0.312 e. The van der Waals surface area contributed by atoms with E-state index in [1.165, 1.54) is 11.3 Å². The number of aryl methyl sites for hydroxylation is 1. The van der Waals surface area contributed by atoms with Crippen LogP contribution in [0.5, 0.6) is 0 Å². The number of nitrogens with one attached hydrogen (secondary N) is 1. The molecule has 8 heteroatoms. The number of carbonyl (C=O) groups is 2. The molecular formula is C16H21N5O2S. The number of imidazole rings is 1. The maximum atomic E-state index is 12.9. The number of rotatable bonds is 7. The van der Waals surface area contributed by atoms with Gasteiger partial charge in [0.25, 0.3) is 0 Å². The summed E-state index contributed by atoms with van der Waals surface area (Å²) in [7, 11) is 1.92. The molecule has 1 atom stereocenters. The number of amides is 3. The van der Waals surface area contributed by atoms with E-state index in [0.717, 1.165) is 23.5 Å². The molecule has 0 saturated heterocycles. The smallest absolute Gasteiger partial charge is 0.312 e. The average Bonchev–Trinajstić information content (AvgIpc) is 3.06. The first-order valence-corrected chi connectivity index (χ1v) is 8.77. The second kappa shape index (κ2) is 7.04. The molecule has 1 aliphatic carbocycles. The van der Waals surface area contributed by atoms with E-state index < -0.39 is 12.1 Å². The van der Waals surface area contributed by atoms with Crippen LogP contribution in [0.25, 0.3) is 0 Å². The van der Waals surface area contributed by atoms with Crippen molar-refractivity contribution in [2.45, 2.75) is 37.9 Å². The highest BCUT2D eigenvalue weighted by molar-refractivity contribution is 7.10. The van der Waals surface area contributed by atoms with Gasteiger partial charge >= 0.3 is 6.03 Å². The predicted octanol–water partition coefficient (Wildman–Crippen LogP) is 1.77. The molecule has 1 saturated carbocycles. The molecule has 0 spiro atoms. The Bertz CT molecular complexity index is 708. The number of thiophene rings is 1. The Morgan fingerprint density at radius 3 is 2.88 bits per heavy atom. The van der Waals surface area contributed by atoms with Crippen LogP contribution in [-0.4, -0.2) is 32.4 Å². The second-order valence-electron chi connectivity index (χ2n) is 5.99. The van der Waals surface area contributed by atoms with Gasteiger partial charge in [-0.2, -0.15) is 0 Å². The van der Waals surface area contributed by atoms with Crippen molar-refractivity contribution < 1.29 is 9.59 Å². The van der Waals surface area contributed by atoms with E-state index in [-0.39, 0.29) is 18.4 Å². The lowest BCUT2D eigenvalue weighted by Gasteiger charge is -2.25. The van der Waals surface area contributed by atoms with Crippen LogP contribution in [0.15, 0.2) is 29.9 Å². The summed E-state index contributed by atoms with van der Waals surface area (Å²) in [6.45, 7) is 0.487. The Kier molecular flexibility index (Phi) is 4.84. The molecule has 2 heterocycles. The highest BCUT2D eigenvalue weighted by Crippen LogP contribution is 2.31. The van der Waals surface area contributed by atoms with Crippen molar-refractivity contribution in [1.82, 2.24) is 19.8 Å². The first-order valence-electron chi connectivity index (χ1n) is 7.89. The van der Waals surface area contributed by atoms with Crippen molar-refractivity contribution in [3.05, 3.63) is 40.6 Å². The largest absolute Gasteiger partial charge is 0.352 e. The van der Waals surface area contributed by atoms with Gasteiger partial charge in [-0.15, -0.1) is 11.3 Å². The summed E-state index contributed by atoms with van der Waals surface area (Å²) in [5, 5.41) is 4.60. The lowest BCUT2D eigenvalue weighted by molar-refractivity contribution is -0.133. The molecule has 1 fully saturated rings. The quantitative estimate of drug-likeness (QED) is 0.799. The van der Waals surface area contributed by atoms with E-state index >= 15 is 0 Å². The fourth-order valence-corrected chi connectivity index (χ4v) is 3.46. The van der Waals surface area contributed by atoms with E-state index in [1.807, 2.05) is 40.2 Å². The minimum absolute atomic E-state index is 0.00708. The number of aromatic nitrogens is 2. The molecule has 3 N–H and O–H groups in total. The third kappa shape index (κ3) is 3.94. The molecule has 0 bridgehead atoms. The van der Waals surface area contributed by atoms with E-state index in [9.17, 15) is 9.59 Å². The number of hydrogen-bond donors (Lipinski definition) is 2. The summed E-state index contributed by atoms with van der Waals surface area (Å²) in [5.41, 5.74) is 5.27. The fraction of sp³-hybridized carbons (Fsp3) is 0.438. The predicted molar refractivity (Wildman–Crippen MR) is 91.2 cm³/mol. The monoisotopic (exact) mass is 347 g/mol. The number of nitrogens with two attached hydrogens (primary N) is 1. The minimum atomic E-state index is -0.622. The molecular weight excluding hydrogens is 326 g/mol. The Labute approximate surface area is 144 Å². The van der Waals surface area contributed by atoms with Crippen LogP contribution in [0, 0.1) is 0 Å². The van der Waals surface area contributed by atoms with Gasteiger partial charge < -0.3 is 20.5 Å². The van der Waals surface area contributed by atoms with Gasteiger partial charge in [-0.3, -0.25) is 4.79 Å². The van der Waals surface area contributed by atoms with Gasteiger partial charge in [0.05, 0.1) is 19.0 Å². The molecule has 3 rings (SSSR count). The molecule has 24 heavy (non-hydrogen) atoms. The minimum Gasteiger partial charge on any atom is -0.352 e. The molecule has 0 radical (unpaired) electrons. The fourth-order valence-electron chi connectivity index (χ4n) is 2.68. The lowest BCUT2D eigenvalue weighted by Crippen LogP contribution is -2.39. The van der Waals surface area contributed by atoms with Gasteiger partial charge in [0, 0.05) is 30.4 Å². The van der Waals surface area contributed by atoms with Gasteiger partial charge in [-0.1, -0.05) is 6.07 Å². The van der Waals surface area contributed by atoms with Crippen LogP contribution in [0.4, 0.5) is 4.79 Å². The summed E-state index contributed by atoms with van der Waals surface area (Å²) in [6.07, 6.45) is 5.83. The van der Waals surface area contributed by atoms with Gasteiger partial charge in [0.15, 0.2) is 0 Å². The first kappa shape index (κ1) is 16.5. The van der Waals surface area contributed by atoms with Crippen LogP contribution in [0.2, 0.25) is 0 Å². The number of urea groups is 1. The van der Waals surface area contributed by atoms with Gasteiger partial charge in [0.1, 0.15) is 5.82 Å². The second-order valence-corrected chi connectivity index (χ2v) is 6.97. The lowest BCUT2D eigenvalue weighted by atomic mass is 10.1. The SMILES string of the molecule is Cn1ccnc1CN(C(=O)CC(NC(N)=O)c1cccs1)C1CC1. The van der Waals surface area contributed by atoms with Crippen LogP contribution < -0.4 is 11.1 Å². The van der Waals surface area contributed by atoms with Crippen molar-refractivity contribution in [2.75, 3.05) is 0 Å². The number of hydrogen-bond acceptors (Lipinski definition) is 4. The summed E-state index contributed by atoms with van der Waals surface area (Å²) in [6, 6.07) is 3.05. The highest BCUT2D eigenvalue weighted by atomic mass is 32.1. The maximum absolute atomic E-state index is 12.9. The summed E-state index contributed by atoms with van der Waals surface area (Å²) >= 11 is 1.50. The zero-order valence-electron chi connectivity index (χ0n) is 13.5.